The summed E-state index contributed by atoms with van der Waals surface area (Å²) in [6, 6.07) is 0. The lowest BCUT2D eigenvalue weighted by atomic mass is 9.65. The highest BCUT2D eigenvalue weighted by Gasteiger charge is 2.32. The Morgan fingerprint density at radius 1 is 1.45 bits per heavy atom. The average Bonchev–Trinajstić information content (AvgIpc) is 1.78. The van der Waals surface area contributed by atoms with Crippen LogP contribution < -0.4 is 0 Å². The van der Waals surface area contributed by atoms with Crippen LogP contribution in [0.5, 0.6) is 0 Å². The number of hydrogen-bond donors (Lipinski definition) is 0. The van der Waals surface area contributed by atoms with Gasteiger partial charge in [0.25, 0.3) is 0 Å². The molecular formula is C9H18BN. The molecule has 0 aliphatic carbocycles. The lowest BCUT2D eigenvalue weighted by molar-refractivity contribution is 0.120. The molecule has 1 aliphatic heterocycles. The first-order chi connectivity index (χ1) is 4.99. The third kappa shape index (κ3) is 2.86. The maximum atomic E-state index is 5.88. The van der Waals surface area contributed by atoms with Crippen molar-refractivity contribution in [2.75, 3.05) is 19.6 Å². The quantitative estimate of drug-likeness (QED) is 0.555. The van der Waals surface area contributed by atoms with E-state index in [1.165, 1.54) is 13.0 Å². The van der Waals surface area contributed by atoms with Crippen LogP contribution in [0.2, 0.25) is 5.31 Å². The van der Waals surface area contributed by atoms with Crippen molar-refractivity contribution in [1.29, 1.82) is 0 Å². The predicted octanol–water partition coefficient (Wildman–Crippen LogP) is 1.70. The number of likely N-dealkylation sites (tertiary alicyclic amines) is 1. The summed E-state index contributed by atoms with van der Waals surface area (Å²) in [4.78, 5) is 2.43. The van der Waals surface area contributed by atoms with Crippen LogP contribution in [0.4, 0.5) is 0 Å². The van der Waals surface area contributed by atoms with Gasteiger partial charge in [0.2, 0.25) is 0 Å². The fourth-order valence-corrected chi connectivity index (χ4v) is 1.57. The highest BCUT2D eigenvalue weighted by Crippen LogP contribution is 2.32. The van der Waals surface area contributed by atoms with Crippen molar-refractivity contribution >= 4 is 7.85 Å². The molecule has 2 heteroatoms. The first-order valence-corrected chi connectivity index (χ1v) is 4.51. The van der Waals surface area contributed by atoms with Crippen LogP contribution in [-0.4, -0.2) is 32.4 Å². The van der Waals surface area contributed by atoms with Crippen molar-refractivity contribution in [3.63, 3.8) is 0 Å². The number of rotatable bonds is 3. The van der Waals surface area contributed by atoms with Crippen LogP contribution in [0, 0.1) is 5.92 Å². The standard InChI is InChI=1S/C9H18BN/c1-8(2)4-5-11-6-9(3,10)7-11/h8H,4-7H2,1-3H3. The first-order valence-electron chi connectivity index (χ1n) is 4.51. The minimum atomic E-state index is 0.108. The topological polar surface area (TPSA) is 3.24 Å². The van der Waals surface area contributed by atoms with Gasteiger partial charge in [0.05, 0.1) is 7.85 Å². The minimum Gasteiger partial charge on any atom is -0.304 e. The zero-order valence-corrected chi connectivity index (χ0v) is 7.93. The van der Waals surface area contributed by atoms with Crippen LogP contribution >= 0.6 is 0 Å². The van der Waals surface area contributed by atoms with E-state index in [4.69, 9.17) is 7.85 Å². The summed E-state index contributed by atoms with van der Waals surface area (Å²) in [5, 5.41) is 0.108. The largest absolute Gasteiger partial charge is 0.304 e. The summed E-state index contributed by atoms with van der Waals surface area (Å²) in [6.07, 6.45) is 1.30. The van der Waals surface area contributed by atoms with Crippen LogP contribution in [-0.2, 0) is 0 Å². The van der Waals surface area contributed by atoms with Gasteiger partial charge in [-0.1, -0.05) is 20.8 Å². The molecule has 0 saturated carbocycles. The Bertz CT molecular complexity index is 124. The lowest BCUT2D eigenvalue weighted by Gasteiger charge is -2.46. The van der Waals surface area contributed by atoms with E-state index in [-0.39, 0.29) is 5.31 Å². The summed E-state index contributed by atoms with van der Waals surface area (Å²) in [5.74, 6) is 0.819. The molecule has 1 aliphatic rings. The molecular weight excluding hydrogens is 133 g/mol. The van der Waals surface area contributed by atoms with Crippen LogP contribution in [0.25, 0.3) is 0 Å². The summed E-state index contributed by atoms with van der Waals surface area (Å²) in [5.41, 5.74) is 0. The molecule has 62 valence electrons. The second-order valence-corrected chi connectivity index (χ2v) is 4.55. The van der Waals surface area contributed by atoms with Gasteiger partial charge in [-0.2, -0.15) is 0 Å². The molecule has 0 spiro atoms. The highest BCUT2D eigenvalue weighted by atomic mass is 15.2. The zero-order valence-electron chi connectivity index (χ0n) is 7.93. The van der Waals surface area contributed by atoms with Gasteiger partial charge in [0.1, 0.15) is 0 Å². The van der Waals surface area contributed by atoms with E-state index in [1.807, 2.05) is 0 Å². The summed E-state index contributed by atoms with van der Waals surface area (Å²) < 4.78 is 0. The monoisotopic (exact) mass is 151 g/mol. The summed E-state index contributed by atoms with van der Waals surface area (Å²) in [7, 11) is 5.88. The van der Waals surface area contributed by atoms with Gasteiger partial charge < -0.3 is 4.90 Å². The molecule has 11 heavy (non-hydrogen) atoms. The van der Waals surface area contributed by atoms with Crippen LogP contribution in [0.1, 0.15) is 27.2 Å². The van der Waals surface area contributed by atoms with E-state index in [0.717, 1.165) is 19.0 Å². The Morgan fingerprint density at radius 2 is 2.00 bits per heavy atom. The Morgan fingerprint density at radius 3 is 2.36 bits per heavy atom. The van der Waals surface area contributed by atoms with Crippen molar-refractivity contribution in [2.24, 2.45) is 5.92 Å². The molecule has 1 fully saturated rings. The van der Waals surface area contributed by atoms with Crippen molar-refractivity contribution in [2.45, 2.75) is 32.5 Å². The highest BCUT2D eigenvalue weighted by molar-refractivity contribution is 6.16. The van der Waals surface area contributed by atoms with Crippen molar-refractivity contribution in [3.8, 4) is 0 Å². The zero-order chi connectivity index (χ0) is 8.48. The molecule has 0 unspecified atom stereocenters. The minimum absolute atomic E-state index is 0.108. The Labute approximate surface area is 71.6 Å². The Kier molecular flexibility index (Phi) is 2.63. The van der Waals surface area contributed by atoms with Gasteiger partial charge in [-0.3, -0.25) is 0 Å². The molecule has 0 aromatic heterocycles. The molecule has 1 nitrogen and oxygen atoms in total. The second kappa shape index (κ2) is 3.18. The van der Waals surface area contributed by atoms with Crippen molar-refractivity contribution in [1.82, 2.24) is 4.90 Å². The van der Waals surface area contributed by atoms with E-state index in [0.29, 0.717) is 0 Å². The summed E-state index contributed by atoms with van der Waals surface area (Å²) >= 11 is 0. The third-order valence-corrected chi connectivity index (χ3v) is 2.19. The molecule has 0 amide bonds. The Balaban J connectivity index is 2.05. The lowest BCUT2D eigenvalue weighted by Crippen LogP contribution is -2.50. The van der Waals surface area contributed by atoms with Crippen molar-refractivity contribution < 1.29 is 0 Å². The SMILES string of the molecule is [B]C1(C)CN(CCC(C)C)C1. The van der Waals surface area contributed by atoms with Crippen LogP contribution in [0.3, 0.4) is 0 Å². The van der Waals surface area contributed by atoms with E-state index in [2.05, 4.69) is 25.7 Å². The van der Waals surface area contributed by atoms with Gasteiger partial charge >= 0.3 is 0 Å². The smallest absolute Gasteiger partial charge is 0.0777 e. The Hall–Kier alpha value is 0.0249. The second-order valence-electron chi connectivity index (χ2n) is 4.55. The molecule has 0 N–H and O–H groups in total. The molecule has 0 aromatic rings. The fourth-order valence-electron chi connectivity index (χ4n) is 1.57. The van der Waals surface area contributed by atoms with Gasteiger partial charge in [0, 0.05) is 0 Å². The molecule has 0 bridgehead atoms. The average molecular weight is 151 g/mol. The van der Waals surface area contributed by atoms with Gasteiger partial charge in [-0.25, -0.2) is 0 Å². The van der Waals surface area contributed by atoms with Crippen molar-refractivity contribution in [3.05, 3.63) is 0 Å². The first kappa shape index (κ1) is 9.12. The van der Waals surface area contributed by atoms with Gasteiger partial charge in [-0.05, 0) is 37.3 Å². The van der Waals surface area contributed by atoms with Crippen LogP contribution in [0.15, 0.2) is 0 Å². The maximum Gasteiger partial charge on any atom is 0.0777 e. The molecule has 1 saturated heterocycles. The molecule has 0 atom stereocenters. The normalized spacial score (nSPS) is 23.6. The van der Waals surface area contributed by atoms with E-state index in [1.54, 1.807) is 0 Å². The van der Waals surface area contributed by atoms with E-state index >= 15 is 0 Å². The predicted molar refractivity (Wildman–Crippen MR) is 50.0 cm³/mol. The molecule has 1 rings (SSSR count). The number of nitrogens with zero attached hydrogens (tertiary/aromatic N) is 1. The van der Waals surface area contributed by atoms with Gasteiger partial charge in [-0.15, -0.1) is 0 Å². The van der Waals surface area contributed by atoms with Gasteiger partial charge in [0.15, 0.2) is 0 Å². The third-order valence-electron chi connectivity index (χ3n) is 2.19. The molecule has 2 radical (unpaired) electrons. The molecule has 1 heterocycles. The maximum absolute atomic E-state index is 5.88. The van der Waals surface area contributed by atoms with E-state index < -0.39 is 0 Å². The summed E-state index contributed by atoms with van der Waals surface area (Å²) in [6.45, 7) is 10.0. The number of hydrogen-bond acceptors (Lipinski definition) is 1. The fraction of sp³-hybridized carbons (Fsp3) is 1.00. The molecule has 0 aromatic carbocycles. The van der Waals surface area contributed by atoms with E-state index in [9.17, 15) is 0 Å².